The Bertz CT molecular complexity index is 687. The van der Waals surface area contributed by atoms with Crippen LogP contribution in [0.15, 0.2) is 9.98 Å². The molecular weight excluding hydrogens is 709 g/mol. The molecule has 1 unspecified atom stereocenters. The summed E-state index contributed by atoms with van der Waals surface area (Å²) in [6, 6.07) is 0. The zero-order valence-corrected chi connectivity index (χ0v) is 28.8. The molecule has 0 aliphatic heterocycles. The van der Waals surface area contributed by atoms with Crippen LogP contribution in [0.3, 0.4) is 0 Å². The topological polar surface area (TPSA) is 168 Å². The van der Waals surface area contributed by atoms with Crippen LogP contribution in [0.5, 0.6) is 0 Å². The maximum absolute atomic E-state index is 11.9. The number of aliphatic hydroxyl groups is 2. The monoisotopic (exact) mass is 740 g/mol. The Kier molecular flexibility index (Phi) is 34.5. The van der Waals surface area contributed by atoms with Crippen LogP contribution in [0.25, 0.3) is 0 Å². The Morgan fingerprint density at radius 3 is 2.21 bits per heavy atom. The predicted octanol–water partition coefficient (Wildman–Crippen LogP) is 4.21. The molecule has 0 rings (SSSR count). The van der Waals surface area contributed by atoms with Crippen molar-refractivity contribution in [2.45, 2.75) is 0 Å². The minimum Gasteiger partial charge on any atom is -0.438 e. The summed E-state index contributed by atoms with van der Waals surface area (Å²) in [6.07, 6.45) is 0.692. The van der Waals surface area contributed by atoms with E-state index in [9.17, 15) is 13.8 Å². The van der Waals surface area contributed by atoms with E-state index in [4.69, 9.17) is 19.8 Å². The number of aliphatic imine (C=N–C) groups is 2. The lowest BCUT2D eigenvalue weighted by molar-refractivity contribution is -0.196. The lowest BCUT2D eigenvalue weighted by Crippen LogP contribution is -2.23. The standard InChI is InChI=1S/C17H32N4O8S10/c22-7-34-9-27-16(24)20-4-32-12-31-3-19-6-39(26)15-37-13-36-14-38-17(25)21-5-33-11-30-2-18-1-28-29-10-35-8-23/h1,6,22-23H,2-5,7-15H2,(H,20,24)(H,21,25). The van der Waals surface area contributed by atoms with E-state index in [2.05, 4.69) is 25.5 Å². The van der Waals surface area contributed by atoms with Crippen LogP contribution in [0.4, 0.5) is 9.59 Å². The summed E-state index contributed by atoms with van der Waals surface area (Å²) in [4.78, 5) is 40.6. The number of nitrogens with zero attached hydrogens (tertiary/aromatic N) is 2. The summed E-state index contributed by atoms with van der Waals surface area (Å²) in [5, 5.41) is 25.8. The zero-order chi connectivity index (χ0) is 28.7. The van der Waals surface area contributed by atoms with Gasteiger partial charge in [0.15, 0.2) is 0 Å². The van der Waals surface area contributed by atoms with E-state index < -0.39 is 16.9 Å². The van der Waals surface area contributed by atoms with Crippen molar-refractivity contribution < 1.29 is 38.5 Å². The first-order chi connectivity index (χ1) is 19.1. The van der Waals surface area contributed by atoms with Crippen LogP contribution in [-0.4, -0.2) is 110 Å². The van der Waals surface area contributed by atoms with Crippen molar-refractivity contribution in [1.29, 1.82) is 0 Å². The quantitative estimate of drug-likeness (QED) is 0.0236. The highest BCUT2D eigenvalue weighted by molar-refractivity contribution is 8.28. The van der Waals surface area contributed by atoms with Crippen LogP contribution in [-0.2, 0) is 25.3 Å². The van der Waals surface area contributed by atoms with E-state index in [0.29, 0.717) is 33.7 Å². The van der Waals surface area contributed by atoms with Crippen molar-refractivity contribution in [3.63, 3.8) is 0 Å². The molecular formula is C17H32N4O8S10. The minimum absolute atomic E-state index is 0.0282. The molecule has 2 amide bonds. The first-order valence-corrected chi connectivity index (χ1v) is 22.0. The minimum atomic E-state index is -1.14. The molecule has 12 nitrogen and oxygen atoms in total. The number of thioether (sulfide) groups is 9. The number of amides is 2. The Hall–Kier alpha value is 1.06. The average molecular weight is 741 g/mol. The largest absolute Gasteiger partial charge is 0.438 e. The first-order valence-electron chi connectivity index (χ1n) is 10.4. The molecule has 228 valence electrons. The summed E-state index contributed by atoms with van der Waals surface area (Å²) >= 11 is 12.8. The Morgan fingerprint density at radius 1 is 0.795 bits per heavy atom. The SMILES string of the molecule is O=C(NCSCSCN=CS(=O)CSCSCSC(=O)NCSCSCN=COOCSCO)OCSCO. The molecule has 0 aromatic carbocycles. The summed E-state index contributed by atoms with van der Waals surface area (Å²) in [6.45, 7) is 0. The Morgan fingerprint density at radius 2 is 1.46 bits per heavy atom. The number of ether oxygens (including phenoxy) is 1. The molecule has 4 N–H and O–H groups in total. The van der Waals surface area contributed by atoms with Crippen LogP contribution >= 0.6 is 106 Å². The van der Waals surface area contributed by atoms with Gasteiger partial charge in [0.1, 0.15) is 11.9 Å². The number of carbonyl (C=O) groups excluding carboxylic acids is 2. The molecule has 22 heteroatoms. The summed E-state index contributed by atoms with van der Waals surface area (Å²) in [5.41, 5.74) is 1.46. The summed E-state index contributed by atoms with van der Waals surface area (Å²) in [5.74, 6) is 2.16. The molecule has 0 aliphatic rings. The van der Waals surface area contributed by atoms with Gasteiger partial charge in [0.05, 0.1) is 56.8 Å². The van der Waals surface area contributed by atoms with Crippen molar-refractivity contribution in [2.24, 2.45) is 9.98 Å². The second-order valence-electron chi connectivity index (χ2n) is 5.65. The van der Waals surface area contributed by atoms with Crippen molar-refractivity contribution in [3.05, 3.63) is 0 Å². The average Bonchev–Trinajstić information content (AvgIpc) is 2.92. The van der Waals surface area contributed by atoms with Crippen LogP contribution in [0.1, 0.15) is 0 Å². The molecule has 0 saturated heterocycles. The van der Waals surface area contributed by atoms with Gasteiger partial charge in [0.25, 0.3) is 5.24 Å². The highest BCUT2D eigenvalue weighted by Gasteiger charge is 2.03. The molecule has 0 radical (unpaired) electrons. The summed E-state index contributed by atoms with van der Waals surface area (Å²) in [7, 11) is -1.14. The van der Waals surface area contributed by atoms with E-state index in [1.807, 2.05) is 0 Å². The van der Waals surface area contributed by atoms with E-state index in [1.165, 1.54) is 59.0 Å². The second kappa shape index (κ2) is 33.6. The number of nitrogens with one attached hydrogen (secondary N) is 2. The Balaban J connectivity index is 3.42. The molecule has 0 aliphatic carbocycles. The Labute approximate surface area is 269 Å². The second-order valence-corrected chi connectivity index (χ2v) is 17.3. The number of hydrogen-bond donors (Lipinski definition) is 4. The fourth-order valence-corrected chi connectivity index (χ4v) is 9.45. The smallest absolute Gasteiger partial charge is 0.408 e. The van der Waals surface area contributed by atoms with Crippen LogP contribution < -0.4 is 10.6 Å². The van der Waals surface area contributed by atoms with Crippen LogP contribution in [0.2, 0.25) is 0 Å². The van der Waals surface area contributed by atoms with Gasteiger partial charge in [0.2, 0.25) is 6.40 Å². The molecule has 39 heavy (non-hydrogen) atoms. The highest BCUT2D eigenvalue weighted by atomic mass is 32.3. The fraction of sp³-hybridized carbons (Fsp3) is 0.765. The van der Waals surface area contributed by atoms with Gasteiger partial charge in [-0.2, -0.15) is 4.89 Å². The number of rotatable bonds is 27. The normalized spacial score (nSPS) is 12.2. The van der Waals surface area contributed by atoms with E-state index >= 15 is 0 Å². The molecule has 0 aromatic rings. The van der Waals surface area contributed by atoms with Crippen molar-refractivity contribution in [2.75, 3.05) is 72.7 Å². The molecule has 0 heterocycles. The third kappa shape index (κ3) is 33.4. The van der Waals surface area contributed by atoms with Gasteiger partial charge in [-0.15, -0.1) is 82.3 Å². The van der Waals surface area contributed by atoms with Gasteiger partial charge in [-0.3, -0.25) is 14.0 Å². The first kappa shape index (κ1) is 40.1. The maximum atomic E-state index is 11.9. The van der Waals surface area contributed by atoms with Crippen molar-refractivity contribution >= 4 is 140 Å². The molecule has 0 spiro atoms. The number of hydrogen-bond acceptors (Lipinski definition) is 19. The van der Waals surface area contributed by atoms with Gasteiger partial charge < -0.3 is 30.5 Å². The van der Waals surface area contributed by atoms with Gasteiger partial charge in [-0.25, -0.2) is 9.79 Å². The molecule has 0 fully saturated rings. The molecule has 0 bridgehead atoms. The highest BCUT2D eigenvalue weighted by Crippen LogP contribution is 2.19. The third-order valence-electron chi connectivity index (χ3n) is 2.91. The van der Waals surface area contributed by atoms with Gasteiger partial charge in [-0.05, 0) is 0 Å². The maximum Gasteiger partial charge on any atom is 0.408 e. The molecule has 0 aromatic heterocycles. The summed E-state index contributed by atoms with van der Waals surface area (Å²) < 4.78 is 16.7. The third-order valence-corrected chi connectivity index (χ3v) is 12.7. The van der Waals surface area contributed by atoms with Crippen LogP contribution in [0, 0.1) is 0 Å². The van der Waals surface area contributed by atoms with Gasteiger partial charge in [0, 0.05) is 20.3 Å². The van der Waals surface area contributed by atoms with E-state index in [1.54, 1.807) is 47.0 Å². The van der Waals surface area contributed by atoms with Gasteiger partial charge >= 0.3 is 6.09 Å². The lowest BCUT2D eigenvalue weighted by Gasteiger charge is -2.05. The van der Waals surface area contributed by atoms with Crippen molar-refractivity contribution in [3.8, 4) is 0 Å². The lowest BCUT2D eigenvalue weighted by atomic mass is 11.1. The van der Waals surface area contributed by atoms with Crippen molar-refractivity contribution in [1.82, 2.24) is 10.6 Å². The van der Waals surface area contributed by atoms with E-state index in [0.717, 1.165) is 27.0 Å². The zero-order valence-electron chi connectivity index (χ0n) is 20.7. The number of aliphatic hydroxyl groups excluding tert-OH is 2. The van der Waals surface area contributed by atoms with E-state index in [-0.39, 0.29) is 29.0 Å². The number of carbonyl (C=O) groups is 2. The fourth-order valence-electron chi connectivity index (χ4n) is 1.47. The molecule has 0 saturated carbocycles. The predicted molar refractivity (Wildman–Crippen MR) is 181 cm³/mol. The van der Waals surface area contributed by atoms with Gasteiger partial charge in [-0.1, -0.05) is 23.5 Å². The molecule has 1 atom stereocenters. The number of alkyl carbamates (subject to hydrolysis) is 1.